The largest absolute Gasteiger partial charge is 0.446 e. The average molecular weight is 230 g/mol. The molecule has 4 nitrogen and oxygen atoms in total. The molecule has 1 aromatic rings. The summed E-state index contributed by atoms with van der Waals surface area (Å²) in [5.74, 6) is 0. The fourth-order valence-electron chi connectivity index (χ4n) is 2.21. The monoisotopic (exact) mass is 230 g/mol. The second-order valence-electron chi connectivity index (χ2n) is 4.53. The lowest BCUT2D eigenvalue weighted by molar-refractivity contribution is 0.158. The number of fused-ring (bicyclic) bond motifs is 1. The molecule has 17 heavy (non-hydrogen) atoms. The lowest BCUT2D eigenvalue weighted by Gasteiger charge is -2.23. The minimum absolute atomic E-state index is 0.136. The summed E-state index contributed by atoms with van der Waals surface area (Å²) >= 11 is 0. The highest BCUT2D eigenvalue weighted by Gasteiger charge is 2.36. The lowest BCUT2D eigenvalue weighted by atomic mass is 10.0. The molecule has 1 saturated heterocycles. The summed E-state index contributed by atoms with van der Waals surface area (Å²) in [6, 6.07) is 8.36. The van der Waals surface area contributed by atoms with E-state index in [4.69, 9.17) is 4.74 Å². The maximum absolute atomic E-state index is 11.4. The number of aryl methyl sites for hydroxylation is 1. The Labute approximate surface area is 99.9 Å². The fraction of sp³-hybridized carbons (Fsp3) is 0.385. The predicted octanol–water partition coefficient (Wildman–Crippen LogP) is 2.31. The third-order valence-electron chi connectivity index (χ3n) is 3.26. The van der Waals surface area contributed by atoms with E-state index in [1.54, 1.807) is 0 Å². The van der Waals surface area contributed by atoms with Gasteiger partial charge in [-0.15, -0.1) is 0 Å². The molecular weight excluding hydrogens is 216 g/mol. The van der Waals surface area contributed by atoms with Crippen LogP contribution >= 0.6 is 0 Å². The number of carbonyl (C=O) groups excluding carboxylic acids is 1. The van der Waals surface area contributed by atoms with E-state index in [1.807, 2.05) is 0 Å². The molecule has 0 N–H and O–H groups in total. The molecule has 1 fully saturated rings. The molecule has 1 amide bonds. The first-order chi connectivity index (χ1) is 8.24. The van der Waals surface area contributed by atoms with Crippen molar-refractivity contribution in [1.29, 1.82) is 0 Å². The molecule has 0 bridgehead atoms. The van der Waals surface area contributed by atoms with Gasteiger partial charge in [0.2, 0.25) is 0 Å². The van der Waals surface area contributed by atoms with E-state index >= 15 is 0 Å². The summed E-state index contributed by atoms with van der Waals surface area (Å²) in [5, 5.41) is 5.88. The van der Waals surface area contributed by atoms with Crippen LogP contribution in [-0.4, -0.2) is 29.5 Å². The number of benzene rings is 1. The molecule has 4 heteroatoms. The van der Waals surface area contributed by atoms with Crippen LogP contribution in [0.15, 0.2) is 29.4 Å². The van der Waals surface area contributed by atoms with Gasteiger partial charge in [0.25, 0.3) is 0 Å². The van der Waals surface area contributed by atoms with Crippen molar-refractivity contribution in [3.05, 3.63) is 35.4 Å². The molecule has 3 rings (SSSR count). The Kier molecular flexibility index (Phi) is 2.35. The molecular formula is C13H14N2O2. The van der Waals surface area contributed by atoms with E-state index in [1.165, 1.54) is 10.6 Å². The van der Waals surface area contributed by atoms with Gasteiger partial charge in [0.1, 0.15) is 6.61 Å². The van der Waals surface area contributed by atoms with Gasteiger partial charge >= 0.3 is 6.09 Å². The molecule has 0 spiro atoms. The minimum atomic E-state index is -0.320. The highest BCUT2D eigenvalue weighted by molar-refractivity contribution is 6.01. The van der Waals surface area contributed by atoms with E-state index in [0.29, 0.717) is 6.61 Å². The maximum atomic E-state index is 11.4. The van der Waals surface area contributed by atoms with E-state index in [-0.39, 0.29) is 12.1 Å². The van der Waals surface area contributed by atoms with Crippen LogP contribution in [0.25, 0.3) is 0 Å². The second-order valence-corrected chi connectivity index (χ2v) is 4.53. The van der Waals surface area contributed by atoms with Crippen molar-refractivity contribution in [2.45, 2.75) is 25.8 Å². The first kappa shape index (κ1) is 10.3. The smallest absolute Gasteiger partial charge is 0.430 e. The number of carbonyl (C=O) groups is 1. The van der Waals surface area contributed by atoms with Crippen LogP contribution in [0.2, 0.25) is 0 Å². The number of cyclic esters (lactones) is 1. The Morgan fingerprint density at radius 2 is 2.12 bits per heavy atom. The molecule has 0 radical (unpaired) electrons. The van der Waals surface area contributed by atoms with Crippen molar-refractivity contribution in [2.24, 2.45) is 5.10 Å². The first-order valence-electron chi connectivity index (χ1n) is 5.84. The number of hydrazone groups is 1. The van der Waals surface area contributed by atoms with Gasteiger partial charge in [0.15, 0.2) is 0 Å². The van der Waals surface area contributed by atoms with Crippen molar-refractivity contribution in [3.63, 3.8) is 0 Å². The fourth-order valence-corrected chi connectivity index (χ4v) is 2.21. The highest BCUT2D eigenvalue weighted by atomic mass is 16.6. The molecule has 0 saturated carbocycles. The molecule has 2 heterocycles. The number of rotatable bonds is 1. The molecule has 0 aromatic heterocycles. The second kappa shape index (κ2) is 3.87. The van der Waals surface area contributed by atoms with Gasteiger partial charge in [0.05, 0.1) is 11.8 Å². The van der Waals surface area contributed by atoms with Crippen LogP contribution in [0.1, 0.15) is 24.0 Å². The predicted molar refractivity (Wildman–Crippen MR) is 63.9 cm³/mol. The van der Waals surface area contributed by atoms with E-state index in [0.717, 1.165) is 24.1 Å². The molecule has 0 aliphatic carbocycles. The topological polar surface area (TPSA) is 41.9 Å². The summed E-state index contributed by atoms with van der Waals surface area (Å²) in [6.07, 6.45) is 1.51. The number of ether oxygens (including phenoxy) is 1. The van der Waals surface area contributed by atoms with Crippen LogP contribution < -0.4 is 0 Å². The summed E-state index contributed by atoms with van der Waals surface area (Å²) in [7, 11) is 0. The molecule has 2 aliphatic rings. The quantitative estimate of drug-likeness (QED) is 0.743. The molecule has 1 atom stereocenters. The summed E-state index contributed by atoms with van der Waals surface area (Å²) in [4.78, 5) is 11.4. The number of hydrogen-bond donors (Lipinski definition) is 0. The third kappa shape index (κ3) is 1.79. The van der Waals surface area contributed by atoms with Crippen LogP contribution in [0.5, 0.6) is 0 Å². The normalized spacial score (nSPS) is 23.1. The average Bonchev–Trinajstić information content (AvgIpc) is 2.72. The zero-order valence-corrected chi connectivity index (χ0v) is 9.72. The Hall–Kier alpha value is -1.84. The summed E-state index contributed by atoms with van der Waals surface area (Å²) in [5.41, 5.74) is 3.29. The van der Waals surface area contributed by atoms with Gasteiger partial charge in [-0.25, -0.2) is 4.79 Å². The van der Waals surface area contributed by atoms with Gasteiger partial charge in [-0.2, -0.15) is 10.1 Å². The SMILES string of the molecule is Cc1ccc(C2=NN3C(=O)OCC3CC2)cc1. The van der Waals surface area contributed by atoms with Crippen LogP contribution in [0, 0.1) is 6.92 Å². The van der Waals surface area contributed by atoms with Gasteiger partial charge in [-0.05, 0) is 25.3 Å². The zero-order valence-electron chi connectivity index (χ0n) is 9.72. The Morgan fingerprint density at radius 1 is 1.35 bits per heavy atom. The first-order valence-corrected chi connectivity index (χ1v) is 5.84. The van der Waals surface area contributed by atoms with Crippen molar-refractivity contribution in [2.75, 3.05) is 6.61 Å². The van der Waals surface area contributed by atoms with Gasteiger partial charge in [-0.3, -0.25) is 0 Å². The van der Waals surface area contributed by atoms with Crippen molar-refractivity contribution in [3.8, 4) is 0 Å². The number of hydrogen-bond acceptors (Lipinski definition) is 3. The standard InChI is InChI=1S/C13H14N2O2/c1-9-2-4-10(5-3-9)12-7-6-11-8-17-13(16)15(11)14-12/h2-5,11H,6-8H2,1H3. The van der Waals surface area contributed by atoms with Crippen LogP contribution in [-0.2, 0) is 4.74 Å². The van der Waals surface area contributed by atoms with Gasteiger partial charge < -0.3 is 4.74 Å². The van der Waals surface area contributed by atoms with Gasteiger partial charge in [-0.1, -0.05) is 29.8 Å². The van der Waals surface area contributed by atoms with Crippen molar-refractivity contribution >= 4 is 11.8 Å². The summed E-state index contributed by atoms with van der Waals surface area (Å²) in [6.45, 7) is 2.53. The molecule has 2 aliphatic heterocycles. The molecule has 88 valence electrons. The lowest BCUT2D eigenvalue weighted by Crippen LogP contribution is -2.34. The number of nitrogens with zero attached hydrogens (tertiary/aromatic N) is 2. The Bertz CT molecular complexity index is 479. The Morgan fingerprint density at radius 3 is 2.88 bits per heavy atom. The molecule has 1 aromatic carbocycles. The summed E-state index contributed by atoms with van der Waals surface area (Å²) < 4.78 is 4.98. The van der Waals surface area contributed by atoms with Gasteiger partial charge in [0, 0.05) is 0 Å². The molecule has 1 unspecified atom stereocenters. The van der Waals surface area contributed by atoms with E-state index < -0.39 is 0 Å². The Balaban J connectivity index is 1.91. The van der Waals surface area contributed by atoms with Crippen molar-refractivity contribution in [1.82, 2.24) is 5.01 Å². The number of amides is 1. The van der Waals surface area contributed by atoms with Crippen LogP contribution in [0.4, 0.5) is 4.79 Å². The van der Waals surface area contributed by atoms with E-state index in [2.05, 4.69) is 36.3 Å². The van der Waals surface area contributed by atoms with Crippen LogP contribution in [0.3, 0.4) is 0 Å². The van der Waals surface area contributed by atoms with E-state index in [9.17, 15) is 4.79 Å². The van der Waals surface area contributed by atoms with Crippen molar-refractivity contribution < 1.29 is 9.53 Å². The third-order valence-corrected chi connectivity index (χ3v) is 3.26. The minimum Gasteiger partial charge on any atom is -0.446 e. The zero-order chi connectivity index (χ0) is 11.8. The maximum Gasteiger partial charge on any atom is 0.430 e. The highest BCUT2D eigenvalue weighted by Crippen LogP contribution is 2.24.